The molecule has 0 aromatic heterocycles. The van der Waals surface area contributed by atoms with Gasteiger partial charge in [0.15, 0.2) is 23.0 Å². The Kier molecular flexibility index (Phi) is 4.28. The lowest BCUT2D eigenvalue weighted by molar-refractivity contribution is -0.287. The molecule has 2 aliphatic heterocycles. The minimum Gasteiger partial charge on any atom is -0.395 e. The molecule has 0 aliphatic carbocycles. The molecule has 0 spiro atoms. The summed E-state index contributed by atoms with van der Waals surface area (Å²) in [7, 11) is 0. The normalized spacial score (nSPS) is 17.1. The molecule has 0 bridgehead atoms. The van der Waals surface area contributed by atoms with E-state index in [1.807, 2.05) is 6.07 Å². The van der Waals surface area contributed by atoms with Gasteiger partial charge in [-0.1, -0.05) is 12.1 Å². The minimum absolute atomic E-state index is 0.00307. The van der Waals surface area contributed by atoms with Gasteiger partial charge in [-0.3, -0.25) is 0 Å². The maximum absolute atomic E-state index is 12.5. The van der Waals surface area contributed by atoms with E-state index in [1.54, 1.807) is 19.1 Å². The molecule has 136 valence electrons. The van der Waals surface area contributed by atoms with Crippen molar-refractivity contribution in [1.82, 2.24) is 0 Å². The number of nitrogens with zero attached hydrogens (tertiary/aromatic N) is 1. The lowest BCUT2D eigenvalue weighted by atomic mass is 10.1. The first-order valence-corrected chi connectivity index (χ1v) is 7.30. The van der Waals surface area contributed by atoms with E-state index in [0.29, 0.717) is 5.56 Å². The number of nitriles is 1. The van der Waals surface area contributed by atoms with Crippen LogP contribution >= 0.6 is 0 Å². The third-order valence-corrected chi connectivity index (χ3v) is 3.31. The first kappa shape index (κ1) is 17.7. The van der Waals surface area contributed by atoms with Crippen LogP contribution < -0.4 is 18.9 Å². The molecular formula is C17H11F4NO4. The molecule has 26 heavy (non-hydrogen) atoms. The molecule has 0 fully saturated rings. The van der Waals surface area contributed by atoms with Gasteiger partial charge in [-0.25, -0.2) is 0 Å². The summed E-state index contributed by atoms with van der Waals surface area (Å²) in [6.07, 6.45) is -6.94. The Bertz CT molecular complexity index is 880. The minimum atomic E-state index is -3.59. The van der Waals surface area contributed by atoms with Crippen LogP contribution in [0.25, 0.3) is 0 Å². The number of benzene rings is 2. The van der Waals surface area contributed by atoms with Gasteiger partial charge in [-0.2, -0.15) is 5.26 Å². The molecule has 4 rings (SSSR count). The number of rotatable bonds is 1. The molecule has 2 aliphatic rings. The Hall–Kier alpha value is -3.15. The van der Waals surface area contributed by atoms with Crippen LogP contribution in [0.5, 0.6) is 23.0 Å². The molecular weight excluding hydrogens is 358 g/mol. The van der Waals surface area contributed by atoms with Gasteiger partial charge in [0.25, 0.3) is 0 Å². The number of halogens is 4. The van der Waals surface area contributed by atoms with Crippen LogP contribution in [0.2, 0.25) is 0 Å². The summed E-state index contributed by atoms with van der Waals surface area (Å²) in [6.45, 7) is 1.79. The van der Waals surface area contributed by atoms with E-state index in [2.05, 4.69) is 18.9 Å². The van der Waals surface area contributed by atoms with Crippen LogP contribution in [0.1, 0.15) is 11.1 Å². The number of hydrogen-bond acceptors (Lipinski definition) is 5. The highest BCUT2D eigenvalue weighted by molar-refractivity contribution is 5.46. The van der Waals surface area contributed by atoms with Gasteiger partial charge in [0.2, 0.25) is 0 Å². The molecule has 2 heterocycles. The largest absolute Gasteiger partial charge is 0.586 e. The average Bonchev–Trinajstić information content (AvgIpc) is 3.00. The van der Waals surface area contributed by atoms with Crippen molar-refractivity contribution < 1.29 is 36.5 Å². The Labute approximate surface area is 145 Å². The third kappa shape index (κ3) is 3.91. The molecule has 0 saturated heterocycles. The smallest absolute Gasteiger partial charge is 0.395 e. The van der Waals surface area contributed by atoms with Crippen molar-refractivity contribution >= 4 is 0 Å². The van der Waals surface area contributed by atoms with Gasteiger partial charge in [-0.15, -0.1) is 17.6 Å². The molecule has 0 saturated carbocycles. The van der Waals surface area contributed by atoms with Crippen molar-refractivity contribution in [3.63, 3.8) is 0 Å². The fraction of sp³-hybridized carbons (Fsp3) is 0.235. The van der Waals surface area contributed by atoms with E-state index < -0.39 is 12.6 Å². The molecule has 0 amide bonds. The molecule has 0 unspecified atom stereocenters. The Morgan fingerprint density at radius 1 is 0.808 bits per heavy atom. The van der Waals surface area contributed by atoms with E-state index in [1.165, 1.54) is 24.3 Å². The summed E-state index contributed by atoms with van der Waals surface area (Å²) in [5.74, 6) is 0.157. The topological polar surface area (TPSA) is 60.7 Å². The van der Waals surface area contributed by atoms with Crippen molar-refractivity contribution in [2.45, 2.75) is 25.9 Å². The molecule has 0 atom stereocenters. The fourth-order valence-electron chi connectivity index (χ4n) is 2.25. The number of fused-ring (bicyclic) bond motifs is 2. The standard InChI is InChI=1S/C9H5F2NO2.C8H6F2O2/c10-9(11)13-7-2-1-6(3-4-12)5-8(7)14-9;1-5-2-3-6-7(4-5)12-8(9,10)11-6/h1-2,5H,3H2;2-4H,1H3. The summed E-state index contributed by atoms with van der Waals surface area (Å²) in [5.41, 5.74) is 1.47. The number of alkyl halides is 4. The van der Waals surface area contributed by atoms with Crippen molar-refractivity contribution in [2.75, 3.05) is 0 Å². The SMILES string of the molecule is Cc1ccc2c(c1)OC(F)(F)O2.N#CCc1ccc2c(c1)OC(F)(F)O2. The molecule has 2 aromatic carbocycles. The van der Waals surface area contributed by atoms with Crippen LogP contribution in [0.15, 0.2) is 36.4 Å². The monoisotopic (exact) mass is 369 g/mol. The highest BCUT2D eigenvalue weighted by atomic mass is 19.3. The molecule has 9 heteroatoms. The Morgan fingerprint density at radius 3 is 1.88 bits per heavy atom. The maximum Gasteiger partial charge on any atom is 0.586 e. The second-order valence-electron chi connectivity index (χ2n) is 5.40. The Balaban J connectivity index is 0.000000152. The van der Waals surface area contributed by atoms with Gasteiger partial charge >= 0.3 is 12.6 Å². The van der Waals surface area contributed by atoms with Crippen molar-refractivity contribution in [3.8, 4) is 29.1 Å². The van der Waals surface area contributed by atoms with E-state index in [-0.39, 0.29) is 29.4 Å². The summed E-state index contributed by atoms with van der Waals surface area (Å²) in [6, 6.07) is 10.9. The summed E-state index contributed by atoms with van der Waals surface area (Å²) < 4.78 is 66.8. The summed E-state index contributed by atoms with van der Waals surface area (Å²) in [5, 5.41) is 8.40. The van der Waals surface area contributed by atoms with Gasteiger partial charge < -0.3 is 18.9 Å². The number of aryl methyl sites for hydroxylation is 1. The lowest BCUT2D eigenvalue weighted by Crippen LogP contribution is -2.25. The van der Waals surface area contributed by atoms with Crippen molar-refractivity contribution in [2.24, 2.45) is 0 Å². The molecule has 0 radical (unpaired) electrons. The average molecular weight is 369 g/mol. The van der Waals surface area contributed by atoms with E-state index in [4.69, 9.17) is 5.26 Å². The van der Waals surface area contributed by atoms with E-state index in [9.17, 15) is 17.6 Å². The zero-order valence-electron chi connectivity index (χ0n) is 13.3. The zero-order chi connectivity index (χ0) is 18.9. The van der Waals surface area contributed by atoms with Gasteiger partial charge in [-0.05, 0) is 42.3 Å². The maximum atomic E-state index is 12.5. The summed E-state index contributed by atoms with van der Waals surface area (Å²) >= 11 is 0. The zero-order valence-corrected chi connectivity index (χ0v) is 13.3. The predicted octanol–water partition coefficient (Wildman–Crippen LogP) is 4.39. The highest BCUT2D eigenvalue weighted by Gasteiger charge is 2.44. The summed E-state index contributed by atoms with van der Waals surface area (Å²) in [4.78, 5) is 0. The van der Waals surface area contributed by atoms with Crippen molar-refractivity contribution in [1.29, 1.82) is 5.26 Å². The molecule has 0 N–H and O–H groups in total. The third-order valence-electron chi connectivity index (χ3n) is 3.31. The highest BCUT2D eigenvalue weighted by Crippen LogP contribution is 2.42. The van der Waals surface area contributed by atoms with Crippen molar-refractivity contribution in [3.05, 3.63) is 47.5 Å². The van der Waals surface area contributed by atoms with Gasteiger partial charge in [0.1, 0.15) is 0 Å². The van der Waals surface area contributed by atoms with E-state index >= 15 is 0 Å². The van der Waals surface area contributed by atoms with Crippen LogP contribution in [-0.2, 0) is 6.42 Å². The van der Waals surface area contributed by atoms with Gasteiger partial charge in [0.05, 0.1) is 12.5 Å². The fourth-order valence-corrected chi connectivity index (χ4v) is 2.25. The number of ether oxygens (including phenoxy) is 4. The van der Waals surface area contributed by atoms with Crippen LogP contribution in [0.4, 0.5) is 17.6 Å². The van der Waals surface area contributed by atoms with Crippen LogP contribution in [-0.4, -0.2) is 12.6 Å². The quantitative estimate of drug-likeness (QED) is 0.698. The second-order valence-corrected chi connectivity index (χ2v) is 5.40. The number of hydrogen-bond donors (Lipinski definition) is 0. The van der Waals surface area contributed by atoms with Gasteiger partial charge in [0, 0.05) is 0 Å². The first-order chi connectivity index (χ1) is 12.2. The second kappa shape index (κ2) is 6.29. The Morgan fingerprint density at radius 2 is 1.31 bits per heavy atom. The molecule has 5 nitrogen and oxygen atoms in total. The lowest BCUT2D eigenvalue weighted by Gasteiger charge is -2.04. The van der Waals surface area contributed by atoms with E-state index in [0.717, 1.165) is 5.56 Å². The first-order valence-electron chi connectivity index (χ1n) is 7.30. The van der Waals surface area contributed by atoms with Crippen LogP contribution in [0.3, 0.4) is 0 Å². The molecule has 2 aromatic rings. The predicted molar refractivity (Wildman–Crippen MR) is 79.3 cm³/mol. The van der Waals surface area contributed by atoms with Crippen LogP contribution in [0, 0.1) is 18.3 Å².